The van der Waals surface area contributed by atoms with E-state index < -0.39 is 0 Å². The second-order valence-corrected chi connectivity index (χ2v) is 4.02. The molecule has 1 N–H and O–H groups in total. The first-order valence-corrected chi connectivity index (χ1v) is 5.18. The van der Waals surface area contributed by atoms with Crippen molar-refractivity contribution in [2.45, 2.75) is 13.8 Å². The minimum absolute atomic E-state index is 0.225. The monoisotopic (exact) mass is 235 g/mol. The fourth-order valence-corrected chi connectivity index (χ4v) is 1.38. The SMILES string of the molecule is C=C(C)c1nc(=C)c(Cl)cc1=CC=C(C)O. The molecule has 0 amide bonds. The Morgan fingerprint density at radius 2 is 2.12 bits per heavy atom. The average Bonchev–Trinajstić information content (AvgIpc) is 2.18. The molecule has 0 spiro atoms. The third-order valence-electron chi connectivity index (χ3n) is 1.99. The fourth-order valence-electron chi connectivity index (χ4n) is 1.22. The highest BCUT2D eigenvalue weighted by molar-refractivity contribution is 6.30. The molecule has 0 bridgehead atoms. The average molecular weight is 236 g/mol. The fraction of sp³-hybridized carbons (Fsp3) is 0.154. The van der Waals surface area contributed by atoms with Crippen LogP contribution in [0.4, 0.5) is 0 Å². The summed E-state index contributed by atoms with van der Waals surface area (Å²) in [6, 6.07) is 1.76. The number of halogens is 1. The van der Waals surface area contributed by atoms with E-state index in [0.29, 0.717) is 10.4 Å². The van der Waals surface area contributed by atoms with Crippen molar-refractivity contribution in [3.63, 3.8) is 0 Å². The highest BCUT2D eigenvalue weighted by Crippen LogP contribution is 2.03. The number of hydrogen-bond donors (Lipinski definition) is 1. The molecule has 0 saturated heterocycles. The molecule has 84 valence electrons. The van der Waals surface area contributed by atoms with E-state index >= 15 is 0 Å². The van der Waals surface area contributed by atoms with Gasteiger partial charge in [-0.1, -0.05) is 24.8 Å². The first-order valence-electron chi connectivity index (χ1n) is 4.80. The molecule has 1 heterocycles. The molecule has 0 aliphatic carbocycles. The number of pyridine rings is 1. The molecule has 2 nitrogen and oxygen atoms in total. The summed E-state index contributed by atoms with van der Waals surface area (Å²) in [4.78, 5) is 4.27. The number of aromatic nitrogens is 1. The third-order valence-corrected chi connectivity index (χ3v) is 2.31. The molecule has 0 fully saturated rings. The van der Waals surface area contributed by atoms with Crippen molar-refractivity contribution < 1.29 is 5.11 Å². The Morgan fingerprint density at radius 3 is 2.62 bits per heavy atom. The molecule has 0 unspecified atom stereocenters. The van der Waals surface area contributed by atoms with E-state index in [4.69, 9.17) is 16.7 Å². The number of aliphatic hydroxyl groups excluding tert-OH is 1. The molecule has 0 atom stereocenters. The van der Waals surface area contributed by atoms with Crippen molar-refractivity contribution in [2.24, 2.45) is 0 Å². The third kappa shape index (κ3) is 2.97. The lowest BCUT2D eigenvalue weighted by atomic mass is 10.1. The molecule has 3 heteroatoms. The summed E-state index contributed by atoms with van der Waals surface area (Å²) in [6.45, 7) is 11.0. The van der Waals surface area contributed by atoms with Gasteiger partial charge in [0.05, 0.1) is 21.8 Å². The van der Waals surface area contributed by atoms with E-state index in [-0.39, 0.29) is 5.76 Å². The van der Waals surface area contributed by atoms with Gasteiger partial charge in [-0.15, -0.1) is 0 Å². The van der Waals surface area contributed by atoms with Gasteiger partial charge in [0.1, 0.15) is 0 Å². The summed E-state index contributed by atoms with van der Waals surface area (Å²) >= 11 is 5.95. The maximum atomic E-state index is 9.11. The summed E-state index contributed by atoms with van der Waals surface area (Å²) in [5, 5.41) is 11.0. The summed E-state index contributed by atoms with van der Waals surface area (Å²) in [7, 11) is 0. The molecule has 16 heavy (non-hydrogen) atoms. The van der Waals surface area contributed by atoms with Gasteiger partial charge in [-0.2, -0.15) is 0 Å². The molecule has 0 aliphatic heterocycles. The normalized spacial score (nSPS) is 12.9. The molecule has 1 aromatic rings. The van der Waals surface area contributed by atoms with E-state index in [2.05, 4.69) is 18.1 Å². The van der Waals surface area contributed by atoms with E-state index in [9.17, 15) is 0 Å². The Labute approximate surface area is 99.9 Å². The Balaban J connectivity index is 3.54. The minimum atomic E-state index is 0.225. The van der Waals surface area contributed by atoms with Crippen LogP contribution >= 0.6 is 11.6 Å². The van der Waals surface area contributed by atoms with Crippen molar-refractivity contribution in [3.8, 4) is 0 Å². The van der Waals surface area contributed by atoms with Gasteiger partial charge in [0.15, 0.2) is 0 Å². The zero-order chi connectivity index (χ0) is 12.3. The van der Waals surface area contributed by atoms with Gasteiger partial charge in [-0.3, -0.25) is 0 Å². The number of aliphatic hydroxyl groups is 1. The van der Waals surface area contributed by atoms with Gasteiger partial charge < -0.3 is 5.11 Å². The van der Waals surface area contributed by atoms with Crippen LogP contribution in [0.1, 0.15) is 19.5 Å². The highest BCUT2D eigenvalue weighted by Gasteiger charge is 2.00. The van der Waals surface area contributed by atoms with E-state index in [0.717, 1.165) is 16.5 Å². The van der Waals surface area contributed by atoms with E-state index in [1.54, 1.807) is 25.1 Å². The van der Waals surface area contributed by atoms with Crippen LogP contribution in [0.5, 0.6) is 0 Å². The van der Waals surface area contributed by atoms with Crippen LogP contribution < -0.4 is 10.6 Å². The summed E-state index contributed by atoms with van der Waals surface area (Å²) in [5.41, 5.74) is 1.57. The van der Waals surface area contributed by atoms with Crippen molar-refractivity contribution in [3.05, 3.63) is 45.8 Å². The molecule has 0 aromatic carbocycles. The van der Waals surface area contributed by atoms with Crippen LogP contribution in [0, 0.1) is 0 Å². The van der Waals surface area contributed by atoms with E-state index in [1.165, 1.54) is 0 Å². The van der Waals surface area contributed by atoms with Crippen molar-refractivity contribution in [2.75, 3.05) is 0 Å². The van der Waals surface area contributed by atoms with Crippen LogP contribution in [-0.2, 0) is 0 Å². The predicted octanol–water partition coefficient (Wildman–Crippen LogP) is 2.42. The first kappa shape index (κ1) is 12.5. The summed E-state index contributed by atoms with van der Waals surface area (Å²) < 4.78 is 0. The quantitative estimate of drug-likeness (QED) is 0.799. The molecule has 0 saturated carbocycles. The van der Waals surface area contributed by atoms with Gasteiger partial charge in [-0.05, 0) is 37.6 Å². The van der Waals surface area contributed by atoms with Gasteiger partial charge in [0.2, 0.25) is 0 Å². The van der Waals surface area contributed by atoms with Crippen LogP contribution in [0.2, 0.25) is 5.02 Å². The Morgan fingerprint density at radius 1 is 1.50 bits per heavy atom. The topological polar surface area (TPSA) is 33.1 Å². The van der Waals surface area contributed by atoms with E-state index in [1.807, 2.05) is 6.92 Å². The van der Waals surface area contributed by atoms with Crippen molar-refractivity contribution in [1.29, 1.82) is 0 Å². The van der Waals surface area contributed by atoms with Crippen LogP contribution in [-0.4, -0.2) is 10.1 Å². The predicted molar refractivity (Wildman–Crippen MR) is 69.6 cm³/mol. The second-order valence-electron chi connectivity index (χ2n) is 3.61. The highest BCUT2D eigenvalue weighted by atomic mass is 35.5. The Hall–Kier alpha value is -1.54. The van der Waals surface area contributed by atoms with Gasteiger partial charge in [0.25, 0.3) is 0 Å². The number of hydrogen-bond acceptors (Lipinski definition) is 2. The molecular weight excluding hydrogens is 222 g/mol. The first-order chi connectivity index (χ1) is 7.41. The maximum absolute atomic E-state index is 9.11. The summed E-state index contributed by atoms with van der Waals surface area (Å²) in [6.07, 6.45) is 3.33. The maximum Gasteiger partial charge on any atom is 0.0891 e. The van der Waals surface area contributed by atoms with Gasteiger partial charge in [-0.25, -0.2) is 4.98 Å². The van der Waals surface area contributed by atoms with Gasteiger partial charge in [0, 0.05) is 5.22 Å². The van der Waals surface area contributed by atoms with Crippen LogP contribution in [0.15, 0.2) is 24.5 Å². The lowest BCUT2D eigenvalue weighted by Gasteiger charge is -2.01. The largest absolute Gasteiger partial charge is 0.513 e. The standard InChI is InChI=1S/C13H14ClNO/c1-8(2)13-11(6-5-9(3)16)7-12(14)10(4)15-13/h5-7,16H,1,4H2,2-3H3. The number of allylic oxidation sites excluding steroid dienone is 3. The van der Waals surface area contributed by atoms with Crippen molar-refractivity contribution >= 4 is 29.8 Å². The Bertz CT molecular complexity index is 554. The second kappa shape index (κ2) is 4.99. The lowest BCUT2D eigenvalue weighted by molar-refractivity contribution is 0.415. The number of rotatable bonds is 2. The molecule has 1 aromatic heterocycles. The zero-order valence-electron chi connectivity index (χ0n) is 9.42. The van der Waals surface area contributed by atoms with Crippen LogP contribution in [0.25, 0.3) is 18.2 Å². The van der Waals surface area contributed by atoms with Gasteiger partial charge >= 0.3 is 0 Å². The number of nitrogens with zero attached hydrogens (tertiary/aromatic N) is 1. The molecular formula is C13H14ClNO. The molecule has 1 rings (SSSR count). The Kier molecular flexibility index (Phi) is 3.91. The molecule has 0 aliphatic rings. The zero-order valence-corrected chi connectivity index (χ0v) is 10.2. The summed E-state index contributed by atoms with van der Waals surface area (Å²) in [5.74, 6) is 0.225. The van der Waals surface area contributed by atoms with Crippen molar-refractivity contribution in [1.82, 2.24) is 4.98 Å². The molecule has 0 radical (unpaired) electrons. The van der Waals surface area contributed by atoms with Crippen LogP contribution in [0.3, 0.4) is 0 Å². The lowest BCUT2D eigenvalue weighted by Crippen LogP contribution is -2.19. The minimum Gasteiger partial charge on any atom is -0.513 e. The smallest absolute Gasteiger partial charge is 0.0891 e.